The summed E-state index contributed by atoms with van der Waals surface area (Å²) in [6.45, 7) is 7.60. The predicted octanol–water partition coefficient (Wildman–Crippen LogP) is 5.45. The van der Waals surface area contributed by atoms with Gasteiger partial charge in [-0.2, -0.15) is 0 Å². The van der Waals surface area contributed by atoms with Gasteiger partial charge in [0, 0.05) is 11.6 Å². The Hall–Kier alpha value is -2.04. The molecule has 3 heterocycles. The molecule has 1 N–H and O–H groups in total. The topological polar surface area (TPSA) is 41.6 Å². The lowest BCUT2D eigenvalue weighted by molar-refractivity contribution is -0.0348. The smallest absolute Gasteiger partial charge is 0.407 e. The molecular weight excluding hydrogens is 396 g/mol. The van der Waals surface area contributed by atoms with Crippen LogP contribution in [0.4, 0.5) is 4.79 Å². The summed E-state index contributed by atoms with van der Waals surface area (Å²) >= 11 is 6.03. The molecule has 0 spiro atoms. The second-order valence-corrected chi connectivity index (χ2v) is 10.2. The van der Waals surface area contributed by atoms with Crippen molar-refractivity contribution in [2.45, 2.75) is 45.3 Å². The van der Waals surface area contributed by atoms with Crippen molar-refractivity contribution in [2.75, 3.05) is 19.6 Å². The van der Waals surface area contributed by atoms with Gasteiger partial charge in [0.2, 0.25) is 0 Å². The fraction of sp³-hybridized carbons (Fsp3) is 0.480. The molecule has 4 aliphatic rings. The summed E-state index contributed by atoms with van der Waals surface area (Å²) in [6, 6.07) is 14.4. The summed E-state index contributed by atoms with van der Waals surface area (Å²) < 4.78 is 5.90. The van der Waals surface area contributed by atoms with Crippen LogP contribution in [-0.2, 0) is 11.2 Å². The number of amides is 1. The molecule has 2 atom stereocenters. The molecule has 2 aromatic rings. The molecule has 0 aromatic heterocycles. The van der Waals surface area contributed by atoms with E-state index in [1.807, 2.05) is 24.3 Å². The van der Waals surface area contributed by atoms with Gasteiger partial charge in [-0.1, -0.05) is 55.8 Å². The maximum Gasteiger partial charge on any atom is 0.407 e. The van der Waals surface area contributed by atoms with Gasteiger partial charge in [-0.3, -0.25) is 4.90 Å². The lowest BCUT2D eigenvalue weighted by Gasteiger charge is -2.44. The molecule has 3 aliphatic heterocycles. The number of hydrogen-bond donors (Lipinski definition) is 1. The summed E-state index contributed by atoms with van der Waals surface area (Å²) in [5.41, 5.74) is 4.76. The van der Waals surface area contributed by atoms with Crippen molar-refractivity contribution in [2.24, 2.45) is 11.3 Å². The first-order valence-corrected chi connectivity index (χ1v) is 11.4. The number of benzene rings is 2. The molecule has 3 fully saturated rings. The number of nitrogens with one attached hydrogen (secondary N) is 1. The Morgan fingerprint density at radius 1 is 1.10 bits per heavy atom. The molecule has 5 heteroatoms. The van der Waals surface area contributed by atoms with Crippen LogP contribution in [0, 0.1) is 11.3 Å². The van der Waals surface area contributed by atoms with Gasteiger partial charge in [-0.05, 0) is 78.1 Å². The average Bonchev–Trinajstić information content (AvgIpc) is 2.98. The van der Waals surface area contributed by atoms with Gasteiger partial charge in [0.1, 0.15) is 6.10 Å². The van der Waals surface area contributed by atoms with Crippen LogP contribution in [0.5, 0.6) is 0 Å². The Kier molecular flexibility index (Phi) is 5.03. The summed E-state index contributed by atoms with van der Waals surface area (Å²) in [4.78, 5) is 15.2. The highest BCUT2D eigenvalue weighted by molar-refractivity contribution is 6.30. The second-order valence-electron chi connectivity index (χ2n) is 9.74. The number of carbonyl (C=O) groups excluding carboxylic acids is 1. The van der Waals surface area contributed by atoms with Crippen LogP contribution in [-0.4, -0.2) is 36.7 Å². The van der Waals surface area contributed by atoms with Crippen molar-refractivity contribution in [1.82, 2.24) is 10.2 Å². The molecular formula is C25H29ClN2O2. The molecule has 6 rings (SSSR count). The Morgan fingerprint density at radius 3 is 2.47 bits per heavy atom. The maximum atomic E-state index is 12.8. The quantitative estimate of drug-likeness (QED) is 0.712. The van der Waals surface area contributed by atoms with Crippen molar-refractivity contribution < 1.29 is 9.53 Å². The molecule has 2 bridgehead atoms. The minimum Gasteiger partial charge on any atom is -0.445 e. The lowest BCUT2D eigenvalue weighted by Crippen LogP contribution is -2.53. The van der Waals surface area contributed by atoms with E-state index in [2.05, 4.69) is 42.3 Å². The summed E-state index contributed by atoms with van der Waals surface area (Å²) in [6.07, 6.45) is 2.96. The van der Waals surface area contributed by atoms with Crippen molar-refractivity contribution >= 4 is 17.7 Å². The molecule has 158 valence electrons. The number of hydrogen-bond acceptors (Lipinski definition) is 3. The first-order chi connectivity index (χ1) is 14.4. The molecule has 3 saturated heterocycles. The first-order valence-electron chi connectivity index (χ1n) is 11.0. The van der Waals surface area contributed by atoms with E-state index in [1.54, 1.807) is 0 Å². The van der Waals surface area contributed by atoms with E-state index < -0.39 is 0 Å². The predicted molar refractivity (Wildman–Crippen MR) is 120 cm³/mol. The molecule has 1 aliphatic carbocycles. The highest BCUT2D eigenvalue weighted by atomic mass is 35.5. The zero-order chi connectivity index (χ0) is 20.9. The van der Waals surface area contributed by atoms with Crippen LogP contribution in [0.25, 0.3) is 11.1 Å². The Balaban J connectivity index is 1.32. The van der Waals surface area contributed by atoms with E-state index in [1.165, 1.54) is 16.7 Å². The molecule has 1 unspecified atom stereocenters. The fourth-order valence-corrected chi connectivity index (χ4v) is 5.61. The lowest BCUT2D eigenvalue weighted by atomic mass is 9.85. The van der Waals surface area contributed by atoms with Crippen molar-refractivity contribution in [3.05, 3.63) is 58.6 Å². The number of fused-ring (bicyclic) bond motifs is 4. The van der Waals surface area contributed by atoms with Gasteiger partial charge in [0.05, 0.1) is 6.04 Å². The third kappa shape index (κ3) is 3.72. The minimum atomic E-state index is -0.276. The van der Waals surface area contributed by atoms with Crippen LogP contribution in [0.15, 0.2) is 42.5 Å². The van der Waals surface area contributed by atoms with E-state index in [0.717, 1.165) is 49.5 Å². The van der Waals surface area contributed by atoms with Crippen LogP contribution in [0.3, 0.4) is 0 Å². The second kappa shape index (κ2) is 7.58. The minimum absolute atomic E-state index is 0.0313. The summed E-state index contributed by atoms with van der Waals surface area (Å²) in [7, 11) is 0. The highest BCUT2D eigenvalue weighted by Crippen LogP contribution is 2.46. The summed E-state index contributed by atoms with van der Waals surface area (Å²) in [5, 5.41) is 3.94. The average molecular weight is 425 g/mol. The van der Waals surface area contributed by atoms with E-state index in [9.17, 15) is 4.79 Å². The number of nitrogens with zero attached hydrogens (tertiary/aromatic N) is 1. The number of ether oxygens (including phenoxy) is 1. The SMILES string of the molecule is CC1(C)Cc2cc(-c3ccc(Cl)cc3)ccc2C1NC(=O)O[C@@H]1CN2CCC1CC2. The number of alkyl carbamates (subject to hydrolysis) is 1. The zero-order valence-corrected chi connectivity index (χ0v) is 18.4. The normalized spacial score (nSPS) is 28.8. The molecule has 4 nitrogen and oxygen atoms in total. The van der Waals surface area contributed by atoms with Gasteiger partial charge in [-0.15, -0.1) is 0 Å². The van der Waals surface area contributed by atoms with Gasteiger partial charge in [-0.25, -0.2) is 4.79 Å². The number of piperidine rings is 3. The Bertz CT molecular complexity index is 948. The van der Waals surface area contributed by atoms with Crippen molar-refractivity contribution in [3.8, 4) is 11.1 Å². The van der Waals surface area contributed by atoms with Crippen LogP contribution in [0.1, 0.15) is 43.9 Å². The van der Waals surface area contributed by atoms with Gasteiger partial charge < -0.3 is 10.1 Å². The van der Waals surface area contributed by atoms with Crippen LogP contribution in [0.2, 0.25) is 5.02 Å². The van der Waals surface area contributed by atoms with Crippen molar-refractivity contribution in [1.29, 1.82) is 0 Å². The molecule has 0 radical (unpaired) electrons. The van der Waals surface area contributed by atoms with E-state index in [-0.39, 0.29) is 23.7 Å². The summed E-state index contributed by atoms with van der Waals surface area (Å²) in [5.74, 6) is 0.520. The van der Waals surface area contributed by atoms with Crippen molar-refractivity contribution in [3.63, 3.8) is 0 Å². The Labute approximate surface area is 183 Å². The third-order valence-corrected chi connectivity index (χ3v) is 7.43. The highest BCUT2D eigenvalue weighted by Gasteiger charge is 2.42. The van der Waals surface area contributed by atoms with Crippen LogP contribution < -0.4 is 5.32 Å². The zero-order valence-electron chi connectivity index (χ0n) is 17.7. The van der Waals surface area contributed by atoms with Gasteiger partial charge >= 0.3 is 6.09 Å². The van der Waals surface area contributed by atoms with Gasteiger partial charge in [0.15, 0.2) is 0 Å². The molecule has 2 aromatic carbocycles. The molecule has 30 heavy (non-hydrogen) atoms. The Morgan fingerprint density at radius 2 is 1.80 bits per heavy atom. The largest absolute Gasteiger partial charge is 0.445 e. The number of halogens is 1. The van der Waals surface area contributed by atoms with E-state index in [0.29, 0.717) is 5.92 Å². The standard InChI is InChI=1S/C25H29ClN2O2/c1-25(2)14-19-13-18(16-3-6-20(26)7-4-16)5-8-21(19)23(25)27-24(29)30-22-15-28-11-9-17(22)10-12-28/h3-8,13,17,22-23H,9-12,14-15H2,1-2H3,(H,27,29)/t22-,23?/m1/s1. The van der Waals surface area contributed by atoms with Gasteiger partial charge in [0.25, 0.3) is 0 Å². The van der Waals surface area contributed by atoms with Crippen LogP contribution >= 0.6 is 11.6 Å². The fourth-order valence-electron chi connectivity index (χ4n) is 5.48. The van der Waals surface area contributed by atoms with E-state index >= 15 is 0 Å². The third-order valence-electron chi connectivity index (χ3n) is 7.18. The first kappa shape index (κ1) is 19.9. The molecule has 1 amide bonds. The molecule has 0 saturated carbocycles. The monoisotopic (exact) mass is 424 g/mol. The number of carbonyl (C=O) groups is 1. The number of rotatable bonds is 3. The maximum absolute atomic E-state index is 12.8. The van der Waals surface area contributed by atoms with E-state index in [4.69, 9.17) is 16.3 Å².